The predicted molar refractivity (Wildman–Crippen MR) is 93.5 cm³/mol. The van der Waals surface area contributed by atoms with Gasteiger partial charge in [0, 0.05) is 5.56 Å². The van der Waals surface area contributed by atoms with Gasteiger partial charge in [0.2, 0.25) is 0 Å². The van der Waals surface area contributed by atoms with Crippen molar-refractivity contribution in [2.24, 2.45) is 0 Å². The van der Waals surface area contributed by atoms with Gasteiger partial charge in [0.15, 0.2) is 6.61 Å². The summed E-state index contributed by atoms with van der Waals surface area (Å²) < 4.78 is 10.1. The van der Waals surface area contributed by atoms with Gasteiger partial charge in [0.05, 0.1) is 11.0 Å². The highest BCUT2D eigenvalue weighted by atomic mass is 32.2. The van der Waals surface area contributed by atoms with Crippen molar-refractivity contribution in [2.75, 3.05) is 13.2 Å². The number of carboxylic acid groups (broad SMARTS) is 1. The lowest BCUT2D eigenvalue weighted by Crippen LogP contribution is -2.35. The van der Waals surface area contributed by atoms with Crippen LogP contribution < -0.4 is 4.74 Å². The van der Waals surface area contributed by atoms with Gasteiger partial charge in [0.1, 0.15) is 12.3 Å². The second-order valence-corrected chi connectivity index (χ2v) is 6.52. The van der Waals surface area contributed by atoms with Gasteiger partial charge >= 0.3 is 11.9 Å². The number of para-hydroxylation sites is 1. The molecule has 1 saturated heterocycles. The molecule has 1 fully saturated rings. The van der Waals surface area contributed by atoms with Crippen LogP contribution in [-0.2, 0) is 19.1 Å². The van der Waals surface area contributed by atoms with E-state index in [1.165, 1.54) is 6.08 Å². The summed E-state index contributed by atoms with van der Waals surface area (Å²) in [7, 11) is 0. The van der Waals surface area contributed by atoms with Crippen molar-refractivity contribution in [3.8, 4) is 5.75 Å². The average Bonchev–Trinajstić information content (AvgIpc) is 2.81. The first-order valence-electron chi connectivity index (χ1n) is 7.66. The maximum Gasteiger partial charge on any atom is 0.341 e. The minimum atomic E-state index is -1.14. The topological polar surface area (TPSA) is 110 Å². The summed E-state index contributed by atoms with van der Waals surface area (Å²) in [4.78, 5) is 47.7. The second-order valence-electron chi connectivity index (χ2n) is 5.53. The van der Waals surface area contributed by atoms with Gasteiger partial charge in [-0.1, -0.05) is 18.2 Å². The van der Waals surface area contributed by atoms with Crippen molar-refractivity contribution in [1.82, 2.24) is 4.90 Å². The maximum atomic E-state index is 12.4. The largest absolute Gasteiger partial charge is 0.481 e. The van der Waals surface area contributed by atoms with Crippen LogP contribution in [0, 0.1) is 0 Å². The van der Waals surface area contributed by atoms with Crippen LogP contribution in [0.15, 0.2) is 29.2 Å². The third-order valence-corrected chi connectivity index (χ3v) is 3.99. The van der Waals surface area contributed by atoms with Crippen LogP contribution in [0.3, 0.4) is 0 Å². The molecule has 0 spiro atoms. The molecule has 1 N–H and O–H groups in total. The minimum Gasteiger partial charge on any atom is -0.481 e. The molecule has 26 heavy (non-hydrogen) atoms. The Morgan fingerprint density at radius 2 is 1.96 bits per heavy atom. The van der Waals surface area contributed by atoms with Crippen molar-refractivity contribution < 1.29 is 33.8 Å². The fraction of sp³-hybridized carbons (Fsp3) is 0.294. The van der Waals surface area contributed by atoms with Crippen LogP contribution in [-0.4, -0.2) is 52.3 Å². The van der Waals surface area contributed by atoms with E-state index in [2.05, 4.69) is 0 Å². The number of nitrogens with zero attached hydrogens (tertiary/aromatic N) is 1. The average molecular weight is 379 g/mol. The lowest BCUT2D eigenvalue weighted by Gasteiger charge is -2.13. The fourth-order valence-electron chi connectivity index (χ4n) is 2.08. The predicted octanol–water partition coefficient (Wildman–Crippen LogP) is 2.14. The molecule has 0 radical (unpaired) electrons. The van der Waals surface area contributed by atoms with E-state index >= 15 is 0 Å². The molecule has 8 nitrogen and oxygen atoms in total. The number of carbonyl (C=O) groups excluding carboxylic acids is 3. The molecule has 2 amide bonds. The molecule has 138 valence electrons. The molecule has 1 aromatic rings. The Kier molecular flexibility index (Phi) is 6.40. The molecule has 0 saturated carbocycles. The normalized spacial score (nSPS) is 15.7. The molecule has 1 aromatic carbocycles. The smallest absolute Gasteiger partial charge is 0.341 e. The Hall–Kier alpha value is -2.81. The van der Waals surface area contributed by atoms with Gasteiger partial charge in [-0.2, -0.15) is 0 Å². The van der Waals surface area contributed by atoms with E-state index in [4.69, 9.17) is 14.6 Å². The van der Waals surface area contributed by atoms with Crippen molar-refractivity contribution in [3.05, 3.63) is 34.7 Å². The van der Waals surface area contributed by atoms with Gasteiger partial charge in [-0.25, -0.2) is 4.79 Å². The van der Waals surface area contributed by atoms with Crippen molar-refractivity contribution in [1.29, 1.82) is 0 Å². The zero-order valence-electron chi connectivity index (χ0n) is 14.1. The Bertz CT molecular complexity index is 772. The first-order valence-corrected chi connectivity index (χ1v) is 8.48. The highest BCUT2D eigenvalue weighted by molar-refractivity contribution is 8.18. The standard InChI is InChI=1S/C17H17NO7S/c1-10(2)25-15(21)8-18-16(22)13(26-17(18)23)7-11-5-3-4-6-12(11)24-9-14(19)20/h3-7,10H,8-9H2,1-2H3,(H,19,20)/b13-7-. The quantitative estimate of drug-likeness (QED) is 0.567. The third kappa shape index (κ3) is 5.09. The summed E-state index contributed by atoms with van der Waals surface area (Å²) >= 11 is 0.689. The molecule has 0 bridgehead atoms. The van der Waals surface area contributed by atoms with Crippen molar-refractivity contribution >= 4 is 40.9 Å². The zero-order valence-corrected chi connectivity index (χ0v) is 14.9. The van der Waals surface area contributed by atoms with Crippen LogP contribution in [0.4, 0.5) is 4.79 Å². The number of thioether (sulfide) groups is 1. The van der Waals surface area contributed by atoms with Gasteiger partial charge in [-0.3, -0.25) is 19.3 Å². The highest BCUT2D eigenvalue weighted by Crippen LogP contribution is 2.33. The van der Waals surface area contributed by atoms with Crippen LogP contribution >= 0.6 is 11.8 Å². The molecule has 0 aromatic heterocycles. The number of rotatable bonds is 7. The first-order chi connectivity index (χ1) is 12.3. The van der Waals surface area contributed by atoms with Crippen LogP contribution in [0.2, 0.25) is 0 Å². The number of carboxylic acids is 1. The third-order valence-electron chi connectivity index (χ3n) is 3.08. The van der Waals surface area contributed by atoms with E-state index < -0.39 is 36.2 Å². The van der Waals surface area contributed by atoms with Crippen LogP contribution in [0.5, 0.6) is 5.75 Å². The molecule has 1 aliphatic heterocycles. The Morgan fingerprint density at radius 3 is 2.62 bits per heavy atom. The summed E-state index contributed by atoms with van der Waals surface area (Å²) in [6, 6.07) is 6.52. The van der Waals surface area contributed by atoms with E-state index in [-0.39, 0.29) is 16.8 Å². The van der Waals surface area contributed by atoms with Gasteiger partial charge in [-0.15, -0.1) is 0 Å². The van der Waals surface area contributed by atoms with E-state index in [9.17, 15) is 19.2 Å². The molecular formula is C17H17NO7S. The SMILES string of the molecule is CC(C)OC(=O)CN1C(=O)S/C(=C\c2ccccc2OCC(=O)O)C1=O. The molecule has 2 rings (SSSR count). The molecule has 1 heterocycles. The van der Waals surface area contributed by atoms with E-state index in [1.807, 2.05) is 0 Å². The number of aliphatic carboxylic acids is 1. The van der Waals surface area contributed by atoms with E-state index in [1.54, 1.807) is 38.1 Å². The number of imide groups is 1. The number of ether oxygens (including phenoxy) is 2. The monoisotopic (exact) mass is 379 g/mol. The molecule has 1 aliphatic rings. The van der Waals surface area contributed by atoms with Crippen molar-refractivity contribution in [2.45, 2.75) is 20.0 Å². The first kappa shape index (κ1) is 19.5. The van der Waals surface area contributed by atoms with Gasteiger partial charge in [-0.05, 0) is 37.8 Å². The summed E-state index contributed by atoms with van der Waals surface area (Å²) in [5.74, 6) is -2.16. The number of hydrogen-bond acceptors (Lipinski definition) is 7. The Labute approximate surface area is 153 Å². The summed E-state index contributed by atoms with van der Waals surface area (Å²) in [5, 5.41) is 8.14. The minimum absolute atomic E-state index is 0.110. The zero-order chi connectivity index (χ0) is 19.3. The number of benzene rings is 1. The lowest BCUT2D eigenvalue weighted by molar-refractivity contribution is -0.149. The molecule has 0 atom stereocenters. The maximum absolute atomic E-state index is 12.4. The molecule has 0 aliphatic carbocycles. The van der Waals surface area contributed by atoms with Crippen LogP contribution in [0.25, 0.3) is 6.08 Å². The number of amides is 2. The molecule has 9 heteroatoms. The molecule has 0 unspecified atom stereocenters. The number of carbonyl (C=O) groups is 4. The van der Waals surface area contributed by atoms with Gasteiger partial charge in [0.25, 0.3) is 11.1 Å². The molecular weight excluding hydrogens is 362 g/mol. The summed E-state index contributed by atoms with van der Waals surface area (Å²) in [5.41, 5.74) is 0.448. The second kappa shape index (κ2) is 8.52. The fourth-order valence-corrected chi connectivity index (χ4v) is 2.91. The lowest BCUT2D eigenvalue weighted by atomic mass is 10.2. The Morgan fingerprint density at radius 1 is 1.27 bits per heavy atom. The van der Waals surface area contributed by atoms with E-state index in [0.717, 1.165) is 4.90 Å². The number of hydrogen-bond donors (Lipinski definition) is 1. The van der Waals surface area contributed by atoms with Gasteiger partial charge < -0.3 is 14.6 Å². The summed E-state index contributed by atoms with van der Waals surface area (Å²) in [6.45, 7) is 2.34. The summed E-state index contributed by atoms with van der Waals surface area (Å²) in [6.07, 6.45) is 1.08. The van der Waals surface area contributed by atoms with E-state index in [0.29, 0.717) is 17.3 Å². The number of esters is 1. The Balaban J connectivity index is 2.17. The van der Waals surface area contributed by atoms with Crippen molar-refractivity contribution in [3.63, 3.8) is 0 Å². The van der Waals surface area contributed by atoms with Crippen LogP contribution in [0.1, 0.15) is 19.4 Å². The highest BCUT2D eigenvalue weighted by Gasteiger charge is 2.37.